The van der Waals surface area contributed by atoms with Crippen LogP contribution in [-0.4, -0.2) is 41.4 Å². The number of amides is 2. The molecule has 1 N–H and O–H groups in total. The molecule has 0 atom stereocenters. The molecule has 0 radical (unpaired) electrons. The van der Waals surface area contributed by atoms with Crippen LogP contribution in [0.25, 0.3) is 0 Å². The summed E-state index contributed by atoms with van der Waals surface area (Å²) in [7, 11) is 0. The second-order valence-electron chi connectivity index (χ2n) is 5.51. The Morgan fingerprint density at radius 1 is 1.29 bits per heavy atom. The molecule has 0 saturated carbocycles. The molecule has 2 heterocycles. The summed E-state index contributed by atoms with van der Waals surface area (Å²) in [6, 6.07) is 9.10. The molecular formula is C18H19N3O3. The van der Waals surface area contributed by atoms with Crippen LogP contribution in [-0.2, 0) is 11.2 Å². The maximum atomic E-state index is 12.9. The Morgan fingerprint density at radius 3 is 2.83 bits per heavy atom. The van der Waals surface area contributed by atoms with Crippen molar-refractivity contribution in [1.29, 1.82) is 0 Å². The summed E-state index contributed by atoms with van der Waals surface area (Å²) in [6.07, 6.45) is 4.25. The predicted molar refractivity (Wildman–Crippen MR) is 90.1 cm³/mol. The third-order valence-corrected chi connectivity index (χ3v) is 3.96. The second kappa shape index (κ2) is 7.12. The van der Waals surface area contributed by atoms with Crippen LogP contribution in [0.15, 0.2) is 42.7 Å². The molecule has 0 spiro atoms. The maximum Gasteiger partial charge on any atom is 0.262 e. The first-order chi connectivity index (χ1) is 11.7. The molecule has 1 aromatic carbocycles. The third-order valence-electron chi connectivity index (χ3n) is 3.96. The quantitative estimate of drug-likeness (QED) is 0.914. The van der Waals surface area contributed by atoms with Gasteiger partial charge >= 0.3 is 0 Å². The Hall–Kier alpha value is -2.89. The number of para-hydroxylation sites is 1. The van der Waals surface area contributed by atoms with Crippen molar-refractivity contribution < 1.29 is 14.3 Å². The van der Waals surface area contributed by atoms with Crippen LogP contribution >= 0.6 is 0 Å². The Kier molecular flexibility index (Phi) is 4.74. The molecule has 0 bridgehead atoms. The first kappa shape index (κ1) is 16.0. The van der Waals surface area contributed by atoms with E-state index >= 15 is 0 Å². The van der Waals surface area contributed by atoms with E-state index in [0.717, 1.165) is 12.0 Å². The van der Waals surface area contributed by atoms with Gasteiger partial charge in [0, 0.05) is 25.5 Å². The number of aromatic nitrogens is 1. The molecule has 0 saturated heterocycles. The number of benzene rings is 1. The van der Waals surface area contributed by atoms with Gasteiger partial charge in [0.2, 0.25) is 0 Å². The van der Waals surface area contributed by atoms with Gasteiger partial charge in [-0.25, -0.2) is 0 Å². The number of rotatable bonds is 5. The number of nitrogens with zero attached hydrogens (tertiary/aromatic N) is 2. The van der Waals surface area contributed by atoms with Gasteiger partial charge < -0.3 is 15.0 Å². The van der Waals surface area contributed by atoms with E-state index in [-0.39, 0.29) is 18.4 Å². The van der Waals surface area contributed by atoms with Crippen molar-refractivity contribution in [3.63, 3.8) is 0 Å². The lowest BCUT2D eigenvalue weighted by Crippen LogP contribution is -2.34. The summed E-state index contributed by atoms with van der Waals surface area (Å²) in [5, 5.41) is 2.73. The van der Waals surface area contributed by atoms with Gasteiger partial charge in [0.1, 0.15) is 0 Å². The molecular weight excluding hydrogens is 306 g/mol. The first-order valence-corrected chi connectivity index (χ1v) is 7.93. The first-order valence-electron chi connectivity index (χ1n) is 7.93. The summed E-state index contributed by atoms with van der Waals surface area (Å²) in [4.78, 5) is 30.1. The standard InChI is InChI=1S/C18H19N3O3/c1-2-21(11-8-13-6-9-19-10-7-13)18(23)14-4-3-5-15-17(14)24-12-16(22)20-15/h3-7,9-10H,2,8,11-12H2,1H3,(H,20,22). The Balaban J connectivity index is 1.77. The molecule has 0 unspecified atom stereocenters. The summed E-state index contributed by atoms with van der Waals surface area (Å²) in [6.45, 7) is 3.08. The summed E-state index contributed by atoms with van der Waals surface area (Å²) in [5.74, 6) is 0.140. The SMILES string of the molecule is CCN(CCc1ccncc1)C(=O)c1cccc2c1OCC(=O)N2. The van der Waals surface area contributed by atoms with E-state index in [0.29, 0.717) is 30.1 Å². The van der Waals surface area contributed by atoms with Crippen molar-refractivity contribution in [1.82, 2.24) is 9.88 Å². The fourth-order valence-corrected chi connectivity index (χ4v) is 2.67. The van der Waals surface area contributed by atoms with E-state index in [4.69, 9.17) is 4.74 Å². The van der Waals surface area contributed by atoms with Gasteiger partial charge in [-0.15, -0.1) is 0 Å². The van der Waals surface area contributed by atoms with E-state index in [1.807, 2.05) is 19.1 Å². The number of nitrogens with one attached hydrogen (secondary N) is 1. The van der Waals surface area contributed by atoms with Gasteiger partial charge in [0.15, 0.2) is 12.4 Å². The van der Waals surface area contributed by atoms with Crippen molar-refractivity contribution >= 4 is 17.5 Å². The van der Waals surface area contributed by atoms with E-state index in [9.17, 15) is 9.59 Å². The zero-order valence-electron chi connectivity index (χ0n) is 13.5. The third kappa shape index (κ3) is 3.37. The normalized spacial score (nSPS) is 12.8. The highest BCUT2D eigenvalue weighted by atomic mass is 16.5. The van der Waals surface area contributed by atoms with Crippen LogP contribution in [0.3, 0.4) is 0 Å². The number of fused-ring (bicyclic) bond motifs is 1. The van der Waals surface area contributed by atoms with Gasteiger partial charge in [-0.2, -0.15) is 0 Å². The maximum absolute atomic E-state index is 12.9. The molecule has 3 rings (SSSR count). The number of hydrogen-bond donors (Lipinski definition) is 1. The van der Waals surface area contributed by atoms with E-state index in [1.165, 1.54) is 0 Å². The average molecular weight is 325 g/mol. The Morgan fingerprint density at radius 2 is 2.08 bits per heavy atom. The molecule has 2 amide bonds. The van der Waals surface area contributed by atoms with Crippen molar-refractivity contribution in [3.05, 3.63) is 53.9 Å². The molecule has 6 nitrogen and oxygen atoms in total. The average Bonchev–Trinajstić information content (AvgIpc) is 2.62. The van der Waals surface area contributed by atoms with E-state index in [2.05, 4.69) is 10.3 Å². The number of anilines is 1. The fourth-order valence-electron chi connectivity index (χ4n) is 2.67. The lowest BCUT2D eigenvalue weighted by atomic mass is 10.1. The molecule has 2 aromatic rings. The van der Waals surface area contributed by atoms with Crippen LogP contribution in [0, 0.1) is 0 Å². The van der Waals surface area contributed by atoms with Crippen molar-refractivity contribution in [2.75, 3.05) is 25.0 Å². The van der Waals surface area contributed by atoms with Gasteiger partial charge in [-0.1, -0.05) is 6.07 Å². The zero-order valence-corrected chi connectivity index (χ0v) is 13.5. The molecule has 0 fully saturated rings. The molecule has 1 aliphatic heterocycles. The lowest BCUT2D eigenvalue weighted by molar-refractivity contribution is -0.118. The van der Waals surface area contributed by atoms with Crippen molar-refractivity contribution in [2.45, 2.75) is 13.3 Å². The highest BCUT2D eigenvalue weighted by molar-refractivity contribution is 6.03. The molecule has 124 valence electrons. The van der Waals surface area contributed by atoms with Crippen molar-refractivity contribution in [3.8, 4) is 5.75 Å². The summed E-state index contributed by atoms with van der Waals surface area (Å²) < 4.78 is 5.48. The molecule has 24 heavy (non-hydrogen) atoms. The van der Waals surface area contributed by atoms with E-state index in [1.54, 1.807) is 35.5 Å². The lowest BCUT2D eigenvalue weighted by Gasteiger charge is -2.25. The minimum atomic E-state index is -0.211. The number of carbonyl (C=O) groups excluding carboxylic acids is 2. The van der Waals surface area contributed by atoms with Crippen molar-refractivity contribution in [2.24, 2.45) is 0 Å². The van der Waals surface area contributed by atoms with Gasteiger partial charge in [0.05, 0.1) is 11.3 Å². The monoisotopic (exact) mass is 325 g/mol. The van der Waals surface area contributed by atoms with Crippen LogP contribution < -0.4 is 10.1 Å². The Labute approximate surface area is 140 Å². The minimum absolute atomic E-state index is 0.0690. The predicted octanol–water partition coefficient (Wildman–Crippen LogP) is 2.12. The topological polar surface area (TPSA) is 71.5 Å². The van der Waals surface area contributed by atoms with Crippen LogP contribution in [0.5, 0.6) is 5.75 Å². The van der Waals surface area contributed by atoms with Gasteiger partial charge in [-0.3, -0.25) is 14.6 Å². The minimum Gasteiger partial charge on any atom is -0.481 e. The summed E-state index contributed by atoms with van der Waals surface area (Å²) >= 11 is 0. The van der Waals surface area contributed by atoms with Crippen LogP contribution in [0.1, 0.15) is 22.8 Å². The zero-order chi connectivity index (χ0) is 16.9. The fraction of sp³-hybridized carbons (Fsp3) is 0.278. The Bertz CT molecular complexity index is 746. The molecule has 6 heteroatoms. The molecule has 1 aromatic heterocycles. The van der Waals surface area contributed by atoms with Crippen LogP contribution in [0.4, 0.5) is 5.69 Å². The number of hydrogen-bond acceptors (Lipinski definition) is 4. The van der Waals surface area contributed by atoms with Gasteiger partial charge in [0.25, 0.3) is 11.8 Å². The second-order valence-corrected chi connectivity index (χ2v) is 5.51. The summed E-state index contributed by atoms with van der Waals surface area (Å²) in [5.41, 5.74) is 2.15. The smallest absolute Gasteiger partial charge is 0.262 e. The van der Waals surface area contributed by atoms with E-state index < -0.39 is 0 Å². The van der Waals surface area contributed by atoms with Crippen LogP contribution in [0.2, 0.25) is 0 Å². The number of carbonyl (C=O) groups is 2. The highest BCUT2D eigenvalue weighted by Gasteiger charge is 2.24. The molecule has 1 aliphatic rings. The largest absolute Gasteiger partial charge is 0.481 e. The highest BCUT2D eigenvalue weighted by Crippen LogP contribution is 2.32. The molecule has 0 aliphatic carbocycles. The number of likely N-dealkylation sites (N-methyl/N-ethyl adjacent to an activating group) is 1. The van der Waals surface area contributed by atoms with Gasteiger partial charge in [-0.05, 0) is 43.2 Å². The number of ether oxygens (including phenoxy) is 1. The number of pyridine rings is 1.